The number of rotatable bonds is 3. The zero-order chi connectivity index (χ0) is 22.7. The van der Waals surface area contributed by atoms with E-state index in [9.17, 15) is 9.59 Å². The lowest BCUT2D eigenvalue weighted by atomic mass is 9.73. The van der Waals surface area contributed by atoms with Gasteiger partial charge in [0, 0.05) is 30.3 Å². The number of fused-ring (bicyclic) bond motifs is 2. The summed E-state index contributed by atoms with van der Waals surface area (Å²) in [5.74, 6) is -0.247. The minimum atomic E-state index is -0.834. The third-order valence-electron chi connectivity index (χ3n) is 6.08. The molecule has 32 heavy (non-hydrogen) atoms. The van der Waals surface area contributed by atoms with Crippen LogP contribution in [0.2, 0.25) is 0 Å². The van der Waals surface area contributed by atoms with Gasteiger partial charge in [0.15, 0.2) is 0 Å². The fourth-order valence-electron chi connectivity index (χ4n) is 4.71. The molecule has 2 atom stereocenters. The Morgan fingerprint density at radius 1 is 1.31 bits per heavy atom. The molecular weight excluding hydrogens is 410 g/mol. The van der Waals surface area contributed by atoms with Crippen molar-refractivity contribution in [1.29, 1.82) is 0 Å². The lowest BCUT2D eigenvalue weighted by molar-refractivity contribution is -0.123. The van der Waals surface area contributed by atoms with Crippen molar-refractivity contribution < 1.29 is 19.5 Å². The van der Waals surface area contributed by atoms with Crippen LogP contribution in [0, 0.1) is 0 Å². The number of benzene rings is 1. The molecule has 3 N–H and O–H groups in total. The predicted molar refractivity (Wildman–Crippen MR) is 116 cm³/mol. The fourth-order valence-corrected chi connectivity index (χ4v) is 4.71. The Balaban J connectivity index is 0.000000775. The van der Waals surface area contributed by atoms with E-state index in [1.165, 1.54) is 0 Å². The SMILES string of the molecule is CCc1cc(C(=O)N2CCC3(C(=O)Nc4ccccc43)C2c2cccnc2)n[nH]1.O=CO. The van der Waals surface area contributed by atoms with E-state index >= 15 is 0 Å². The minimum absolute atomic E-state index is 0.0703. The van der Waals surface area contributed by atoms with E-state index in [2.05, 4.69) is 20.5 Å². The van der Waals surface area contributed by atoms with E-state index in [-0.39, 0.29) is 18.3 Å². The predicted octanol–water partition coefficient (Wildman–Crippen LogP) is 2.55. The van der Waals surface area contributed by atoms with E-state index in [1.54, 1.807) is 23.4 Å². The maximum Gasteiger partial charge on any atom is 0.290 e. The van der Waals surface area contributed by atoms with Gasteiger partial charge in [-0.2, -0.15) is 5.10 Å². The normalized spacial score (nSPS) is 21.0. The highest BCUT2D eigenvalue weighted by molar-refractivity contribution is 6.08. The molecule has 1 fully saturated rings. The Bertz CT molecular complexity index is 1150. The van der Waals surface area contributed by atoms with Crippen molar-refractivity contribution in [3.05, 3.63) is 77.4 Å². The highest BCUT2D eigenvalue weighted by atomic mass is 16.3. The van der Waals surface area contributed by atoms with Crippen molar-refractivity contribution in [3.8, 4) is 0 Å². The zero-order valence-corrected chi connectivity index (χ0v) is 17.5. The standard InChI is InChI=1S/C22H21N5O2.CH2O2/c1-2-15-12-18(26-25-15)20(28)27-11-9-22(19(27)14-6-5-10-23-13-14)16-7-3-4-8-17(16)24-21(22)29;2-1-3/h3-8,10,12-13,19H,2,9,11H2,1H3,(H,24,29)(H,25,26);1H,(H,2,3). The van der Waals surface area contributed by atoms with Gasteiger partial charge in [0.2, 0.25) is 5.91 Å². The lowest BCUT2D eigenvalue weighted by Crippen LogP contribution is -2.42. The molecule has 0 saturated carbocycles. The van der Waals surface area contributed by atoms with Crippen LogP contribution in [0.15, 0.2) is 54.9 Å². The summed E-state index contributed by atoms with van der Waals surface area (Å²) in [5, 5.41) is 17.0. The van der Waals surface area contributed by atoms with Gasteiger partial charge in [0.25, 0.3) is 12.4 Å². The van der Waals surface area contributed by atoms with Crippen LogP contribution in [0.5, 0.6) is 0 Å². The number of nitrogens with zero attached hydrogens (tertiary/aromatic N) is 3. The van der Waals surface area contributed by atoms with E-state index < -0.39 is 11.5 Å². The van der Waals surface area contributed by atoms with Crippen LogP contribution < -0.4 is 5.32 Å². The molecule has 5 rings (SSSR count). The van der Waals surface area contributed by atoms with Gasteiger partial charge < -0.3 is 15.3 Å². The van der Waals surface area contributed by atoms with Crippen molar-refractivity contribution in [2.75, 3.05) is 11.9 Å². The van der Waals surface area contributed by atoms with Crippen LogP contribution >= 0.6 is 0 Å². The number of likely N-dealkylation sites (tertiary alicyclic amines) is 1. The first kappa shape index (κ1) is 21.2. The molecule has 1 aromatic carbocycles. The topological polar surface area (TPSA) is 128 Å². The number of carbonyl (C=O) groups excluding carboxylic acids is 2. The monoisotopic (exact) mass is 433 g/mol. The molecule has 0 bridgehead atoms. The van der Waals surface area contributed by atoms with Gasteiger partial charge in [-0.25, -0.2) is 0 Å². The van der Waals surface area contributed by atoms with Gasteiger partial charge in [0.05, 0.1) is 6.04 Å². The summed E-state index contributed by atoms with van der Waals surface area (Å²) >= 11 is 0. The molecule has 2 aliphatic rings. The summed E-state index contributed by atoms with van der Waals surface area (Å²) in [7, 11) is 0. The summed E-state index contributed by atoms with van der Waals surface area (Å²) < 4.78 is 0. The number of anilines is 1. The van der Waals surface area contributed by atoms with Crippen LogP contribution in [0.3, 0.4) is 0 Å². The molecule has 4 heterocycles. The first-order chi connectivity index (χ1) is 15.6. The molecule has 2 unspecified atom stereocenters. The number of nitrogens with one attached hydrogen (secondary N) is 2. The van der Waals surface area contributed by atoms with Crippen LogP contribution in [0.25, 0.3) is 0 Å². The van der Waals surface area contributed by atoms with E-state index in [0.717, 1.165) is 28.9 Å². The molecule has 9 nitrogen and oxygen atoms in total. The number of aryl methyl sites for hydroxylation is 1. The van der Waals surface area contributed by atoms with Gasteiger partial charge >= 0.3 is 0 Å². The van der Waals surface area contributed by atoms with Gasteiger partial charge in [0.1, 0.15) is 11.1 Å². The summed E-state index contributed by atoms with van der Waals surface area (Å²) in [4.78, 5) is 41.1. The second-order valence-electron chi connectivity index (χ2n) is 7.65. The highest BCUT2D eigenvalue weighted by Gasteiger charge is 2.59. The quantitative estimate of drug-likeness (QED) is 0.545. The Kier molecular flexibility index (Phi) is 5.72. The fraction of sp³-hybridized carbons (Fsp3) is 0.261. The number of para-hydroxylation sites is 1. The molecular formula is C23H23N5O4. The second kappa shape index (κ2) is 8.62. The van der Waals surface area contributed by atoms with Gasteiger partial charge in [-0.3, -0.25) is 24.5 Å². The molecule has 1 saturated heterocycles. The number of carbonyl (C=O) groups is 3. The minimum Gasteiger partial charge on any atom is -0.483 e. The third kappa shape index (κ3) is 3.31. The summed E-state index contributed by atoms with van der Waals surface area (Å²) in [6.45, 7) is 2.22. The Morgan fingerprint density at radius 3 is 2.78 bits per heavy atom. The Morgan fingerprint density at radius 2 is 2.09 bits per heavy atom. The number of hydrogen-bond acceptors (Lipinski definition) is 5. The molecule has 2 aromatic heterocycles. The van der Waals surface area contributed by atoms with Crippen LogP contribution in [-0.2, 0) is 21.4 Å². The number of pyridine rings is 1. The number of aromatic amines is 1. The first-order valence-corrected chi connectivity index (χ1v) is 10.3. The molecule has 2 amide bonds. The molecule has 1 spiro atoms. The Labute approximate surface area is 184 Å². The average molecular weight is 433 g/mol. The number of H-pyrrole nitrogens is 1. The van der Waals surface area contributed by atoms with E-state index in [4.69, 9.17) is 9.90 Å². The van der Waals surface area contributed by atoms with Crippen molar-refractivity contribution in [2.24, 2.45) is 0 Å². The van der Waals surface area contributed by atoms with Gasteiger partial charge in [-0.15, -0.1) is 0 Å². The van der Waals surface area contributed by atoms with E-state index in [1.807, 2.05) is 43.3 Å². The molecule has 9 heteroatoms. The van der Waals surface area contributed by atoms with Crippen molar-refractivity contribution in [2.45, 2.75) is 31.2 Å². The molecule has 2 aliphatic heterocycles. The van der Waals surface area contributed by atoms with Gasteiger partial charge in [-0.05, 0) is 42.2 Å². The smallest absolute Gasteiger partial charge is 0.290 e. The first-order valence-electron chi connectivity index (χ1n) is 10.3. The maximum atomic E-state index is 13.4. The third-order valence-corrected chi connectivity index (χ3v) is 6.08. The second-order valence-corrected chi connectivity index (χ2v) is 7.65. The maximum absolute atomic E-state index is 13.4. The molecule has 0 radical (unpaired) electrons. The number of aromatic nitrogens is 3. The largest absolute Gasteiger partial charge is 0.483 e. The lowest BCUT2D eigenvalue weighted by Gasteiger charge is -2.33. The number of amides is 2. The Hall–Kier alpha value is -4.01. The van der Waals surface area contributed by atoms with Crippen molar-refractivity contribution in [1.82, 2.24) is 20.1 Å². The van der Waals surface area contributed by atoms with Gasteiger partial charge in [-0.1, -0.05) is 31.2 Å². The van der Waals surface area contributed by atoms with Crippen molar-refractivity contribution in [3.63, 3.8) is 0 Å². The van der Waals surface area contributed by atoms with Crippen LogP contribution in [0.4, 0.5) is 5.69 Å². The molecule has 3 aromatic rings. The summed E-state index contributed by atoms with van der Waals surface area (Å²) in [6, 6.07) is 12.8. The van der Waals surface area contributed by atoms with Crippen LogP contribution in [0.1, 0.15) is 46.7 Å². The van der Waals surface area contributed by atoms with Crippen molar-refractivity contribution >= 4 is 24.0 Å². The van der Waals surface area contributed by atoms with E-state index in [0.29, 0.717) is 18.7 Å². The molecule has 0 aliphatic carbocycles. The summed E-state index contributed by atoms with van der Waals surface area (Å²) in [6.07, 6.45) is 4.76. The number of carboxylic acid groups (broad SMARTS) is 1. The summed E-state index contributed by atoms with van der Waals surface area (Å²) in [5.41, 5.74) is 3.04. The average Bonchev–Trinajstić information content (AvgIpc) is 3.52. The number of hydrogen-bond donors (Lipinski definition) is 3. The molecule has 164 valence electrons. The van der Waals surface area contributed by atoms with Crippen LogP contribution in [-0.4, -0.2) is 50.0 Å². The highest BCUT2D eigenvalue weighted by Crippen LogP contribution is 2.54. The zero-order valence-electron chi connectivity index (χ0n) is 17.5.